The van der Waals surface area contributed by atoms with Crippen molar-refractivity contribution in [2.24, 2.45) is 5.92 Å². The Morgan fingerprint density at radius 3 is 2.33 bits per heavy atom. The van der Waals surface area contributed by atoms with Gasteiger partial charge in [0.05, 0.1) is 0 Å². The molecule has 0 bridgehead atoms. The second-order valence-electron chi connectivity index (χ2n) is 7.42. The molecule has 0 aliphatic carbocycles. The molecule has 0 spiro atoms. The number of benzene rings is 2. The Bertz CT molecular complexity index is 739. The molecule has 3 atom stereocenters. The molecule has 0 amide bonds. The fourth-order valence-electron chi connectivity index (χ4n) is 2.77. The van der Waals surface area contributed by atoms with Crippen LogP contribution in [0.2, 0.25) is 4.82 Å². The average molecular weight is 435 g/mol. The normalized spacial score (nSPS) is 14.9. The van der Waals surface area contributed by atoms with E-state index in [1.165, 1.54) is 4.46 Å². The van der Waals surface area contributed by atoms with Crippen LogP contribution in [-0.4, -0.2) is 38.7 Å². The summed E-state index contributed by atoms with van der Waals surface area (Å²) in [6.45, 7) is 7.53. The van der Waals surface area contributed by atoms with Gasteiger partial charge in [-0.1, -0.05) is 0 Å². The molecule has 27 heavy (non-hydrogen) atoms. The summed E-state index contributed by atoms with van der Waals surface area (Å²) in [7, 11) is 1.58. The summed E-state index contributed by atoms with van der Waals surface area (Å²) in [5, 5.41) is 11.1. The van der Waals surface area contributed by atoms with E-state index in [4.69, 9.17) is 9.47 Å². The van der Waals surface area contributed by atoms with Crippen LogP contribution in [0.15, 0.2) is 54.6 Å². The van der Waals surface area contributed by atoms with Crippen LogP contribution in [0.25, 0.3) is 0 Å². The quantitative estimate of drug-likeness (QED) is 0.534. The number of carbonyl (C=O) groups is 1. The van der Waals surface area contributed by atoms with E-state index < -0.39 is 17.6 Å². The van der Waals surface area contributed by atoms with Gasteiger partial charge in [-0.25, -0.2) is 0 Å². The molecule has 2 aromatic carbocycles. The molecular formula is C22H28O4Se. The van der Waals surface area contributed by atoms with Crippen molar-refractivity contribution in [3.63, 3.8) is 0 Å². The van der Waals surface area contributed by atoms with Gasteiger partial charge in [0, 0.05) is 0 Å². The van der Waals surface area contributed by atoms with Gasteiger partial charge in [0.2, 0.25) is 0 Å². The fraction of sp³-hybridized carbons (Fsp3) is 0.409. The summed E-state index contributed by atoms with van der Waals surface area (Å²) in [6, 6.07) is 17.3. The van der Waals surface area contributed by atoms with Crippen LogP contribution >= 0.6 is 0 Å². The molecule has 2 rings (SSSR count). The molecule has 0 saturated heterocycles. The number of hydrogen-bond acceptors (Lipinski definition) is 4. The number of hydrogen-bond donors (Lipinski definition) is 1. The minimum absolute atomic E-state index is 0.0165. The molecule has 0 saturated carbocycles. The number of esters is 1. The maximum atomic E-state index is 13.0. The molecule has 0 unspecified atom stereocenters. The summed E-state index contributed by atoms with van der Waals surface area (Å²) in [5.74, 6) is -0.379. The third-order valence-electron chi connectivity index (χ3n) is 4.03. The molecule has 1 N–H and O–H groups in total. The van der Waals surface area contributed by atoms with Crippen LogP contribution in [0, 0.1) is 5.92 Å². The summed E-state index contributed by atoms with van der Waals surface area (Å²) in [6.07, 6.45) is -0.962. The van der Waals surface area contributed by atoms with Crippen LogP contribution in [-0.2, 0) is 9.53 Å². The Balaban J connectivity index is 2.31. The second-order valence-corrected chi connectivity index (χ2v) is 10.5. The Kier molecular flexibility index (Phi) is 7.49. The van der Waals surface area contributed by atoms with Crippen LogP contribution in [0.1, 0.15) is 39.4 Å². The molecule has 5 heteroatoms. The van der Waals surface area contributed by atoms with Crippen molar-refractivity contribution >= 4 is 25.4 Å². The standard InChI is InChI=1S/C22H28O4Se/c1-15(27-18-12-7-6-8-13-18)19(21(24)26-22(2,3)4)20(23)16-10-9-11-17(14-16)25-5/h6-15,19-20,23H,1-5H3/t15-,19+,20-/m1/s1. The number of methoxy groups -OCH3 is 1. The molecule has 0 fully saturated rings. The van der Waals surface area contributed by atoms with Crippen LogP contribution in [0.3, 0.4) is 0 Å². The van der Waals surface area contributed by atoms with E-state index in [1.807, 2.05) is 64.1 Å². The van der Waals surface area contributed by atoms with Crippen molar-refractivity contribution in [3.05, 3.63) is 60.2 Å². The number of carbonyl (C=O) groups excluding carboxylic acids is 1. The average Bonchev–Trinajstić information content (AvgIpc) is 2.61. The van der Waals surface area contributed by atoms with E-state index in [9.17, 15) is 9.90 Å². The third kappa shape index (κ3) is 6.39. The van der Waals surface area contributed by atoms with Crippen LogP contribution < -0.4 is 9.20 Å². The van der Waals surface area contributed by atoms with Crippen molar-refractivity contribution in [1.29, 1.82) is 0 Å². The van der Waals surface area contributed by atoms with E-state index in [0.717, 1.165) is 0 Å². The number of ether oxygens (including phenoxy) is 2. The summed E-state index contributed by atoms with van der Waals surface area (Å²) in [5.41, 5.74) is 0.0454. The van der Waals surface area contributed by atoms with E-state index in [0.29, 0.717) is 11.3 Å². The molecule has 0 aliphatic heterocycles. The first-order chi connectivity index (χ1) is 12.7. The predicted molar refractivity (Wildman–Crippen MR) is 109 cm³/mol. The molecule has 0 radical (unpaired) electrons. The van der Waals surface area contributed by atoms with Gasteiger partial charge in [0.15, 0.2) is 0 Å². The monoisotopic (exact) mass is 436 g/mol. The van der Waals surface area contributed by atoms with Gasteiger partial charge in [-0.3, -0.25) is 0 Å². The molecule has 2 aromatic rings. The van der Waals surface area contributed by atoms with Gasteiger partial charge < -0.3 is 0 Å². The van der Waals surface area contributed by atoms with Crippen LogP contribution in [0.5, 0.6) is 5.75 Å². The van der Waals surface area contributed by atoms with Crippen molar-refractivity contribution in [3.8, 4) is 5.75 Å². The van der Waals surface area contributed by atoms with Gasteiger partial charge in [-0.2, -0.15) is 0 Å². The van der Waals surface area contributed by atoms with Crippen molar-refractivity contribution in [2.45, 2.75) is 44.2 Å². The Labute approximate surface area is 168 Å². The Morgan fingerprint density at radius 1 is 1.07 bits per heavy atom. The molecule has 146 valence electrons. The molecule has 4 nitrogen and oxygen atoms in total. The first-order valence-electron chi connectivity index (χ1n) is 8.98. The first kappa shape index (κ1) is 21.5. The molecular weight excluding hydrogens is 407 g/mol. The zero-order valence-corrected chi connectivity index (χ0v) is 18.2. The van der Waals surface area contributed by atoms with E-state index in [2.05, 4.69) is 12.1 Å². The van der Waals surface area contributed by atoms with E-state index in [1.54, 1.807) is 13.2 Å². The van der Waals surface area contributed by atoms with E-state index in [-0.39, 0.29) is 25.7 Å². The van der Waals surface area contributed by atoms with Gasteiger partial charge >= 0.3 is 168 Å². The first-order valence-corrected chi connectivity index (χ1v) is 10.8. The summed E-state index contributed by atoms with van der Waals surface area (Å²) < 4.78 is 12.1. The zero-order chi connectivity index (χ0) is 20.0. The maximum absolute atomic E-state index is 13.0. The molecule has 0 aliphatic rings. The molecule has 0 heterocycles. The Morgan fingerprint density at radius 2 is 1.74 bits per heavy atom. The second kappa shape index (κ2) is 9.41. The summed E-state index contributed by atoms with van der Waals surface area (Å²) >= 11 is 0.0165. The summed E-state index contributed by atoms with van der Waals surface area (Å²) in [4.78, 5) is 12.9. The number of aliphatic hydroxyl groups is 1. The number of rotatable bonds is 7. The van der Waals surface area contributed by atoms with Crippen molar-refractivity contribution < 1.29 is 19.4 Å². The Hall–Kier alpha value is -1.81. The predicted octanol–water partition coefficient (Wildman–Crippen LogP) is 3.52. The van der Waals surface area contributed by atoms with Gasteiger partial charge in [-0.15, -0.1) is 0 Å². The van der Waals surface area contributed by atoms with Crippen molar-refractivity contribution in [1.82, 2.24) is 0 Å². The van der Waals surface area contributed by atoms with Gasteiger partial charge in [0.25, 0.3) is 0 Å². The molecule has 0 aromatic heterocycles. The number of aliphatic hydroxyl groups excluding tert-OH is 1. The third-order valence-corrected chi connectivity index (χ3v) is 6.56. The van der Waals surface area contributed by atoms with Gasteiger partial charge in [0.1, 0.15) is 0 Å². The van der Waals surface area contributed by atoms with Crippen molar-refractivity contribution in [2.75, 3.05) is 7.11 Å². The SMILES string of the molecule is COc1cccc([C@@H](O)[C@@H](C(=O)OC(C)(C)C)[C@@H](C)[Se]c2ccccc2)c1. The van der Waals surface area contributed by atoms with Crippen LogP contribution in [0.4, 0.5) is 0 Å². The topological polar surface area (TPSA) is 55.8 Å². The fourth-order valence-corrected chi connectivity index (χ4v) is 5.18. The van der Waals surface area contributed by atoms with Gasteiger partial charge in [-0.05, 0) is 0 Å². The zero-order valence-electron chi connectivity index (χ0n) is 16.5. The minimum atomic E-state index is -0.962. The van der Waals surface area contributed by atoms with E-state index >= 15 is 0 Å².